The van der Waals surface area contributed by atoms with Crippen LogP contribution in [0.1, 0.15) is 0 Å². The summed E-state index contributed by atoms with van der Waals surface area (Å²) in [5, 5.41) is 5.23. The number of alkyl halides is 2. The molecule has 0 unspecified atom stereocenters. The number of anilines is 1. The largest absolute Gasteiger partial charge is 0.433 e. The fourth-order valence-corrected chi connectivity index (χ4v) is 3.77. The molecule has 0 radical (unpaired) electrons. The quantitative estimate of drug-likeness (QED) is 0.510. The van der Waals surface area contributed by atoms with E-state index in [1.165, 1.54) is 34.1 Å². The number of fused-ring (bicyclic) bond motifs is 1. The van der Waals surface area contributed by atoms with Gasteiger partial charge in [0, 0.05) is 7.05 Å². The molecule has 136 valence electrons. The number of nitrogens with one attached hydrogen (secondary N) is 1. The van der Waals surface area contributed by atoms with Gasteiger partial charge < -0.3 is 10.1 Å². The molecule has 1 amide bonds. The molecule has 0 aliphatic carbocycles. The fraction of sp³-hybridized carbons (Fsp3) is 0.188. The lowest BCUT2D eigenvalue weighted by atomic mass is 10.3. The Morgan fingerprint density at radius 2 is 2.15 bits per heavy atom. The predicted octanol–water partition coefficient (Wildman–Crippen LogP) is 3.33. The van der Waals surface area contributed by atoms with Crippen molar-refractivity contribution in [3.8, 4) is 5.75 Å². The Hall–Kier alpha value is -2.46. The van der Waals surface area contributed by atoms with Crippen LogP contribution in [0.4, 0.5) is 14.5 Å². The van der Waals surface area contributed by atoms with Crippen molar-refractivity contribution in [3.63, 3.8) is 0 Å². The SMILES string of the molecule is Cn1c(SCC(=O)Nc2ccccc2OC(F)F)nc2sccc2c1=O. The first-order valence-electron chi connectivity index (χ1n) is 7.36. The van der Waals surface area contributed by atoms with Gasteiger partial charge in [0.2, 0.25) is 5.91 Å². The van der Waals surface area contributed by atoms with Crippen molar-refractivity contribution in [1.82, 2.24) is 9.55 Å². The summed E-state index contributed by atoms with van der Waals surface area (Å²) in [6, 6.07) is 7.63. The number of aromatic nitrogens is 2. The Balaban J connectivity index is 1.70. The summed E-state index contributed by atoms with van der Waals surface area (Å²) in [6.45, 7) is -2.99. The summed E-state index contributed by atoms with van der Waals surface area (Å²) in [4.78, 5) is 29.3. The Morgan fingerprint density at radius 3 is 2.92 bits per heavy atom. The van der Waals surface area contributed by atoms with Gasteiger partial charge in [0.05, 0.1) is 16.8 Å². The molecule has 10 heteroatoms. The maximum Gasteiger partial charge on any atom is 0.387 e. The van der Waals surface area contributed by atoms with Gasteiger partial charge in [-0.3, -0.25) is 14.2 Å². The van der Waals surface area contributed by atoms with Crippen molar-refractivity contribution in [3.05, 3.63) is 46.1 Å². The van der Waals surface area contributed by atoms with Crippen LogP contribution in [0.25, 0.3) is 10.2 Å². The van der Waals surface area contributed by atoms with E-state index in [2.05, 4.69) is 15.0 Å². The standard InChI is InChI=1S/C16H13F2N3O3S2/c1-21-14(23)9-6-7-25-13(9)20-16(21)26-8-12(22)19-10-4-2-3-5-11(10)24-15(17)18/h2-7,15H,8H2,1H3,(H,19,22). The average molecular weight is 397 g/mol. The highest BCUT2D eigenvalue weighted by molar-refractivity contribution is 7.99. The Morgan fingerprint density at radius 1 is 1.38 bits per heavy atom. The molecule has 0 saturated carbocycles. The molecular weight excluding hydrogens is 384 g/mol. The minimum absolute atomic E-state index is 0.0415. The van der Waals surface area contributed by atoms with Crippen molar-refractivity contribution in [2.75, 3.05) is 11.1 Å². The third-order valence-corrected chi connectivity index (χ3v) is 5.21. The van der Waals surface area contributed by atoms with E-state index in [9.17, 15) is 18.4 Å². The van der Waals surface area contributed by atoms with Crippen molar-refractivity contribution in [1.29, 1.82) is 0 Å². The van der Waals surface area contributed by atoms with Crippen molar-refractivity contribution >= 4 is 44.9 Å². The zero-order valence-electron chi connectivity index (χ0n) is 13.4. The summed E-state index contributed by atoms with van der Waals surface area (Å²) in [5.74, 6) is -0.590. The van der Waals surface area contributed by atoms with Crippen LogP contribution in [0.5, 0.6) is 5.75 Å². The normalized spacial score (nSPS) is 11.1. The maximum atomic E-state index is 12.4. The number of halogens is 2. The van der Waals surface area contributed by atoms with E-state index >= 15 is 0 Å². The second-order valence-corrected chi connectivity index (χ2v) is 6.95. The topological polar surface area (TPSA) is 73.2 Å². The van der Waals surface area contributed by atoms with Gasteiger partial charge in [0.25, 0.3) is 5.56 Å². The molecule has 0 bridgehead atoms. The highest BCUT2D eigenvalue weighted by Gasteiger charge is 2.14. The lowest BCUT2D eigenvalue weighted by Gasteiger charge is -2.12. The summed E-state index contributed by atoms with van der Waals surface area (Å²) < 4.78 is 30.6. The molecule has 0 aliphatic rings. The number of carbonyl (C=O) groups is 1. The number of thiophene rings is 1. The van der Waals surface area contributed by atoms with E-state index in [1.54, 1.807) is 24.6 Å². The van der Waals surface area contributed by atoms with E-state index < -0.39 is 12.5 Å². The van der Waals surface area contributed by atoms with E-state index in [0.29, 0.717) is 15.4 Å². The van der Waals surface area contributed by atoms with Crippen LogP contribution in [0, 0.1) is 0 Å². The average Bonchev–Trinajstić information content (AvgIpc) is 3.07. The van der Waals surface area contributed by atoms with Crippen LogP contribution in [-0.2, 0) is 11.8 Å². The third kappa shape index (κ3) is 4.02. The number of rotatable bonds is 6. The molecule has 6 nitrogen and oxygen atoms in total. The highest BCUT2D eigenvalue weighted by atomic mass is 32.2. The van der Waals surface area contributed by atoms with Crippen LogP contribution in [0.3, 0.4) is 0 Å². The van der Waals surface area contributed by atoms with Gasteiger partial charge in [-0.05, 0) is 23.6 Å². The number of para-hydroxylation sites is 2. The molecule has 0 saturated heterocycles. The van der Waals surface area contributed by atoms with Crippen molar-refractivity contribution in [2.45, 2.75) is 11.8 Å². The summed E-state index contributed by atoms with van der Waals surface area (Å²) in [5.41, 5.74) is -0.0382. The van der Waals surface area contributed by atoms with Crippen LogP contribution < -0.4 is 15.6 Å². The number of ether oxygens (including phenoxy) is 1. The molecule has 0 atom stereocenters. The van der Waals surface area contributed by atoms with Gasteiger partial charge in [-0.15, -0.1) is 11.3 Å². The van der Waals surface area contributed by atoms with Gasteiger partial charge in [-0.1, -0.05) is 23.9 Å². The number of nitrogens with zero attached hydrogens (tertiary/aromatic N) is 2. The maximum absolute atomic E-state index is 12.4. The number of amides is 1. The van der Waals surface area contributed by atoms with Crippen molar-refractivity contribution < 1.29 is 18.3 Å². The first-order chi connectivity index (χ1) is 12.5. The Labute approximate surface area is 154 Å². The minimum Gasteiger partial charge on any atom is -0.433 e. The summed E-state index contributed by atoms with van der Waals surface area (Å²) in [6.07, 6.45) is 0. The third-order valence-electron chi connectivity index (χ3n) is 3.37. The first kappa shape index (κ1) is 18.3. The molecule has 26 heavy (non-hydrogen) atoms. The summed E-state index contributed by atoms with van der Waals surface area (Å²) >= 11 is 2.43. The van der Waals surface area contributed by atoms with Gasteiger partial charge >= 0.3 is 6.61 Å². The fourth-order valence-electron chi connectivity index (χ4n) is 2.19. The lowest BCUT2D eigenvalue weighted by molar-refractivity contribution is -0.113. The number of benzene rings is 1. The van der Waals surface area contributed by atoms with E-state index in [0.717, 1.165) is 11.8 Å². The Kier molecular flexibility index (Phi) is 5.52. The van der Waals surface area contributed by atoms with Gasteiger partial charge in [0.1, 0.15) is 10.6 Å². The number of hydrogen-bond acceptors (Lipinski definition) is 6. The van der Waals surface area contributed by atoms with Gasteiger partial charge in [-0.25, -0.2) is 4.98 Å². The monoisotopic (exact) mass is 397 g/mol. The Bertz CT molecular complexity index is 1000. The second kappa shape index (κ2) is 7.83. The van der Waals surface area contributed by atoms with E-state index in [4.69, 9.17) is 0 Å². The molecule has 2 heterocycles. The molecule has 3 aromatic rings. The van der Waals surface area contributed by atoms with Gasteiger partial charge in [-0.2, -0.15) is 8.78 Å². The van der Waals surface area contributed by atoms with E-state index in [-0.39, 0.29) is 22.7 Å². The molecule has 0 fully saturated rings. The zero-order valence-corrected chi connectivity index (χ0v) is 15.1. The number of thioether (sulfide) groups is 1. The molecule has 1 N–H and O–H groups in total. The zero-order chi connectivity index (χ0) is 18.7. The molecule has 0 aliphatic heterocycles. The number of carbonyl (C=O) groups excluding carboxylic acids is 1. The second-order valence-electron chi connectivity index (χ2n) is 5.11. The lowest BCUT2D eigenvalue weighted by Crippen LogP contribution is -2.21. The number of hydrogen-bond donors (Lipinski definition) is 1. The molecule has 2 aromatic heterocycles. The molecule has 3 rings (SSSR count). The molecular formula is C16H13F2N3O3S2. The predicted molar refractivity (Wildman–Crippen MR) is 97.3 cm³/mol. The van der Waals surface area contributed by atoms with Crippen molar-refractivity contribution in [2.24, 2.45) is 7.05 Å². The molecule has 1 aromatic carbocycles. The highest BCUT2D eigenvalue weighted by Crippen LogP contribution is 2.26. The van der Waals surface area contributed by atoms with Crippen LogP contribution in [0.2, 0.25) is 0 Å². The van der Waals surface area contributed by atoms with Gasteiger partial charge in [0.15, 0.2) is 5.16 Å². The van der Waals surface area contributed by atoms with Crippen LogP contribution in [-0.4, -0.2) is 27.8 Å². The first-order valence-corrected chi connectivity index (χ1v) is 9.23. The van der Waals surface area contributed by atoms with E-state index in [1.807, 2.05) is 0 Å². The van der Waals surface area contributed by atoms with Crippen LogP contribution in [0.15, 0.2) is 45.7 Å². The summed E-state index contributed by atoms with van der Waals surface area (Å²) in [7, 11) is 1.58. The smallest absolute Gasteiger partial charge is 0.387 e. The minimum atomic E-state index is -2.99. The van der Waals surface area contributed by atoms with Crippen LogP contribution >= 0.6 is 23.1 Å². The molecule has 0 spiro atoms.